The minimum absolute atomic E-state index is 0.143. The number of alkyl halides is 3. The van der Waals surface area contributed by atoms with Crippen LogP contribution in [-0.4, -0.2) is 50.2 Å². The molecule has 2 aromatic rings. The van der Waals surface area contributed by atoms with Crippen molar-refractivity contribution in [3.63, 3.8) is 0 Å². The molecule has 2 aromatic carbocycles. The molecule has 0 atom stereocenters. The van der Waals surface area contributed by atoms with E-state index in [2.05, 4.69) is 5.32 Å². The normalized spacial score (nSPS) is 19.6. The number of rotatable bonds is 7. The molecule has 35 heavy (non-hydrogen) atoms. The lowest BCUT2D eigenvalue weighted by Gasteiger charge is -2.33. The number of hydrogen-bond acceptors (Lipinski definition) is 4. The van der Waals surface area contributed by atoms with Crippen molar-refractivity contribution < 1.29 is 31.1 Å². The zero-order valence-electron chi connectivity index (χ0n) is 20.3. The van der Waals surface area contributed by atoms with E-state index < -0.39 is 34.4 Å². The van der Waals surface area contributed by atoms with Crippen LogP contribution in [0.15, 0.2) is 47.4 Å². The van der Waals surface area contributed by atoms with Crippen LogP contribution in [0.2, 0.25) is 0 Å². The van der Waals surface area contributed by atoms with Crippen molar-refractivity contribution in [3.05, 3.63) is 42.5 Å². The lowest BCUT2D eigenvalue weighted by Crippen LogP contribution is -2.42. The average Bonchev–Trinajstić information content (AvgIpc) is 2.76. The summed E-state index contributed by atoms with van der Waals surface area (Å²) in [5.74, 6) is -0.0164. The molecule has 1 aliphatic carbocycles. The number of nitrogens with zero attached hydrogens (tertiary/aromatic N) is 1. The smallest absolute Gasteiger partial charge is 0.407 e. The van der Waals surface area contributed by atoms with Crippen LogP contribution < -0.4 is 5.32 Å². The summed E-state index contributed by atoms with van der Waals surface area (Å²) >= 11 is 0. The third-order valence-electron chi connectivity index (χ3n) is 6.08. The van der Waals surface area contributed by atoms with Gasteiger partial charge in [-0.05, 0) is 81.2 Å². The van der Waals surface area contributed by atoms with E-state index >= 15 is 0 Å². The Morgan fingerprint density at radius 2 is 1.60 bits per heavy atom. The highest BCUT2D eigenvalue weighted by Crippen LogP contribution is 2.32. The Morgan fingerprint density at radius 1 is 1.00 bits per heavy atom. The number of sulfonamides is 1. The Labute approximate surface area is 204 Å². The molecule has 194 valence electrons. The van der Waals surface area contributed by atoms with Gasteiger partial charge in [0.25, 0.3) is 0 Å². The van der Waals surface area contributed by atoms with Crippen LogP contribution in [0, 0.1) is 11.8 Å². The molecular weight excluding hydrogens is 481 g/mol. The molecule has 10 heteroatoms. The molecule has 0 bridgehead atoms. The first-order chi connectivity index (χ1) is 16.2. The molecular formula is C25H33F3N2O4S. The summed E-state index contributed by atoms with van der Waals surface area (Å²) in [6.07, 6.45) is -2.60. The molecule has 0 saturated heterocycles. The lowest BCUT2D eigenvalue weighted by atomic mass is 9.82. The van der Waals surface area contributed by atoms with Crippen LogP contribution in [-0.2, 0) is 14.8 Å². The molecule has 1 saturated carbocycles. The first-order valence-electron chi connectivity index (χ1n) is 11.8. The van der Waals surface area contributed by atoms with Crippen molar-refractivity contribution in [2.24, 2.45) is 11.8 Å². The number of amides is 1. The second-order valence-corrected chi connectivity index (χ2v) is 12.1. The highest BCUT2D eigenvalue weighted by molar-refractivity contribution is 7.89. The van der Waals surface area contributed by atoms with Crippen LogP contribution in [0.3, 0.4) is 0 Å². The Kier molecular flexibility index (Phi) is 8.36. The zero-order valence-corrected chi connectivity index (χ0v) is 21.1. The Hall–Kier alpha value is -2.33. The van der Waals surface area contributed by atoms with Gasteiger partial charge in [-0.15, -0.1) is 0 Å². The summed E-state index contributed by atoms with van der Waals surface area (Å²) in [4.78, 5) is 11.7. The maximum Gasteiger partial charge on any atom is 0.407 e. The first kappa shape index (κ1) is 27.3. The van der Waals surface area contributed by atoms with Crippen molar-refractivity contribution >= 4 is 26.9 Å². The predicted molar refractivity (Wildman–Crippen MR) is 128 cm³/mol. The van der Waals surface area contributed by atoms with Gasteiger partial charge in [0.05, 0.1) is 4.90 Å². The third kappa shape index (κ3) is 8.10. The topological polar surface area (TPSA) is 75.7 Å². The van der Waals surface area contributed by atoms with Crippen LogP contribution in [0.5, 0.6) is 0 Å². The van der Waals surface area contributed by atoms with E-state index in [-0.39, 0.29) is 23.3 Å². The molecule has 0 unspecified atom stereocenters. The second-order valence-electron chi connectivity index (χ2n) is 10.2. The fraction of sp³-hybridized carbons (Fsp3) is 0.560. The number of hydrogen-bond donors (Lipinski definition) is 1. The largest absolute Gasteiger partial charge is 0.444 e. The fourth-order valence-corrected chi connectivity index (χ4v) is 5.91. The van der Waals surface area contributed by atoms with Gasteiger partial charge >= 0.3 is 12.3 Å². The van der Waals surface area contributed by atoms with Gasteiger partial charge in [0.1, 0.15) is 12.1 Å². The van der Waals surface area contributed by atoms with Gasteiger partial charge in [-0.1, -0.05) is 30.3 Å². The predicted octanol–water partition coefficient (Wildman–Crippen LogP) is 5.72. The van der Waals surface area contributed by atoms with Gasteiger partial charge in [-0.2, -0.15) is 17.5 Å². The maximum atomic E-state index is 13.4. The lowest BCUT2D eigenvalue weighted by molar-refractivity contribution is -0.137. The van der Waals surface area contributed by atoms with E-state index in [1.165, 1.54) is 12.1 Å². The summed E-state index contributed by atoms with van der Waals surface area (Å²) in [6, 6.07) is 11.5. The second kappa shape index (κ2) is 10.7. The van der Waals surface area contributed by atoms with E-state index in [9.17, 15) is 26.4 Å². The summed E-state index contributed by atoms with van der Waals surface area (Å²) in [5, 5.41) is 4.20. The van der Waals surface area contributed by atoms with Gasteiger partial charge in [0, 0.05) is 13.1 Å². The Balaban J connectivity index is 1.65. The van der Waals surface area contributed by atoms with E-state index in [0.717, 1.165) is 5.39 Å². The molecule has 0 radical (unpaired) electrons. The van der Waals surface area contributed by atoms with Gasteiger partial charge < -0.3 is 10.1 Å². The monoisotopic (exact) mass is 514 g/mol. The highest BCUT2D eigenvalue weighted by Gasteiger charge is 2.38. The molecule has 1 amide bonds. The number of alkyl carbamates (subject to hydrolysis) is 1. The number of carbonyl (C=O) groups excluding carboxylic acids is 1. The summed E-state index contributed by atoms with van der Waals surface area (Å²) in [6.45, 7) is 4.02. The summed E-state index contributed by atoms with van der Waals surface area (Å²) in [7, 11) is -4.34. The summed E-state index contributed by atoms with van der Waals surface area (Å²) in [5.41, 5.74) is -0.597. The minimum Gasteiger partial charge on any atom is -0.444 e. The first-order valence-corrected chi connectivity index (χ1v) is 13.2. The number of fused-ring (bicyclic) bond motifs is 1. The number of ether oxygens (including phenoxy) is 1. The number of carbonyl (C=O) groups is 1. The van der Waals surface area contributed by atoms with Crippen LogP contribution in [0.4, 0.5) is 18.0 Å². The van der Waals surface area contributed by atoms with Crippen molar-refractivity contribution in [3.8, 4) is 0 Å². The van der Waals surface area contributed by atoms with Crippen molar-refractivity contribution in [1.82, 2.24) is 9.62 Å². The van der Waals surface area contributed by atoms with Crippen LogP contribution in [0.1, 0.15) is 46.5 Å². The molecule has 0 aliphatic heterocycles. The molecule has 3 rings (SSSR count). The third-order valence-corrected chi connectivity index (χ3v) is 7.88. The SMILES string of the molecule is CC(C)(C)OC(=O)NCC1CCC(CN(CC(F)(F)F)S(=O)(=O)c2ccc3ccccc3c2)CC1. The number of benzene rings is 2. The molecule has 6 nitrogen and oxygen atoms in total. The molecule has 1 N–H and O–H groups in total. The zero-order chi connectivity index (χ0) is 25.9. The molecule has 0 spiro atoms. The van der Waals surface area contributed by atoms with Gasteiger partial charge in [-0.25, -0.2) is 13.2 Å². The van der Waals surface area contributed by atoms with E-state index in [1.54, 1.807) is 39.0 Å². The van der Waals surface area contributed by atoms with Gasteiger partial charge in [-0.3, -0.25) is 0 Å². The fourth-order valence-electron chi connectivity index (χ4n) is 4.37. The van der Waals surface area contributed by atoms with Crippen molar-refractivity contribution in [1.29, 1.82) is 0 Å². The van der Waals surface area contributed by atoms with E-state index in [4.69, 9.17) is 4.74 Å². The summed E-state index contributed by atoms with van der Waals surface area (Å²) < 4.78 is 72.4. The van der Waals surface area contributed by atoms with E-state index in [0.29, 0.717) is 41.9 Å². The van der Waals surface area contributed by atoms with Crippen LogP contribution >= 0.6 is 0 Å². The molecule has 1 fully saturated rings. The minimum atomic E-state index is -4.65. The quantitative estimate of drug-likeness (QED) is 0.513. The average molecular weight is 515 g/mol. The molecule has 0 aromatic heterocycles. The Bertz CT molecular complexity index is 1120. The molecule has 1 aliphatic rings. The maximum absolute atomic E-state index is 13.4. The van der Waals surface area contributed by atoms with Gasteiger partial charge in [0.2, 0.25) is 10.0 Å². The number of nitrogens with one attached hydrogen (secondary N) is 1. The molecule has 0 heterocycles. The Morgan fingerprint density at radius 3 is 2.20 bits per heavy atom. The van der Waals surface area contributed by atoms with Gasteiger partial charge in [0.15, 0.2) is 0 Å². The number of halogens is 3. The van der Waals surface area contributed by atoms with E-state index in [1.807, 2.05) is 12.1 Å². The van der Waals surface area contributed by atoms with Crippen molar-refractivity contribution in [2.75, 3.05) is 19.6 Å². The van der Waals surface area contributed by atoms with Crippen LogP contribution in [0.25, 0.3) is 10.8 Å². The van der Waals surface area contributed by atoms with Crippen molar-refractivity contribution in [2.45, 2.75) is 63.1 Å². The highest BCUT2D eigenvalue weighted by atomic mass is 32.2. The standard InChI is InChI=1S/C25H33F3N2O4S/c1-24(2,3)34-23(31)29-15-18-8-10-19(11-9-18)16-30(17-25(26,27)28)35(32,33)22-13-12-20-6-4-5-7-21(20)14-22/h4-7,12-14,18-19H,8-11,15-17H2,1-3H3,(H,29,31).